The van der Waals surface area contributed by atoms with Crippen molar-refractivity contribution in [2.45, 2.75) is 37.9 Å². The van der Waals surface area contributed by atoms with Gasteiger partial charge in [-0.15, -0.1) is 0 Å². The fourth-order valence-corrected chi connectivity index (χ4v) is 4.40. The zero-order valence-corrected chi connectivity index (χ0v) is 14.6. The number of nitrogens with zero attached hydrogens (tertiary/aromatic N) is 2. The number of hydrogen-bond donors (Lipinski definition) is 2. The molecular formula is C14H24N4OS2. The van der Waals surface area contributed by atoms with Crippen LogP contribution in [-0.4, -0.2) is 41.5 Å². The number of carbonyl (C=O) groups is 1. The molecule has 1 saturated carbocycles. The number of amides is 1. The van der Waals surface area contributed by atoms with Gasteiger partial charge in [-0.3, -0.25) is 4.79 Å². The summed E-state index contributed by atoms with van der Waals surface area (Å²) in [4.78, 5) is 19.3. The van der Waals surface area contributed by atoms with Crippen LogP contribution in [0.1, 0.15) is 42.8 Å². The normalized spacial score (nSPS) is 16.3. The van der Waals surface area contributed by atoms with Gasteiger partial charge < -0.3 is 16.0 Å². The van der Waals surface area contributed by atoms with Gasteiger partial charge >= 0.3 is 0 Å². The van der Waals surface area contributed by atoms with E-state index in [1.807, 2.05) is 11.8 Å². The predicted octanol–water partition coefficient (Wildman–Crippen LogP) is 2.59. The third-order valence-electron chi connectivity index (χ3n) is 4.15. The molecule has 3 N–H and O–H groups in total. The summed E-state index contributed by atoms with van der Waals surface area (Å²) in [6, 6.07) is 0. The summed E-state index contributed by atoms with van der Waals surface area (Å²) in [7, 11) is 0. The summed E-state index contributed by atoms with van der Waals surface area (Å²) in [6.45, 7) is 6.57. The zero-order valence-electron chi connectivity index (χ0n) is 12.9. The maximum absolute atomic E-state index is 12.3. The molecule has 0 aliphatic heterocycles. The first kappa shape index (κ1) is 16.4. The number of hydrogen-bond acceptors (Lipinski definition) is 6. The number of rotatable bonds is 7. The molecule has 1 aliphatic rings. The van der Waals surface area contributed by atoms with Crippen molar-refractivity contribution in [3.63, 3.8) is 0 Å². The average molecular weight is 329 g/mol. The molecule has 1 heterocycles. The van der Waals surface area contributed by atoms with E-state index in [0.717, 1.165) is 18.2 Å². The molecular weight excluding hydrogens is 304 g/mol. The van der Waals surface area contributed by atoms with Crippen LogP contribution in [0.2, 0.25) is 0 Å². The molecule has 0 radical (unpaired) electrons. The van der Waals surface area contributed by atoms with Gasteiger partial charge in [-0.1, -0.05) is 17.8 Å². The summed E-state index contributed by atoms with van der Waals surface area (Å²) in [5, 5.41) is 3.86. The lowest BCUT2D eigenvalue weighted by molar-refractivity contribution is 0.0948. The number of aromatic nitrogens is 1. The van der Waals surface area contributed by atoms with Crippen molar-refractivity contribution in [1.29, 1.82) is 0 Å². The monoisotopic (exact) mass is 328 g/mol. The van der Waals surface area contributed by atoms with Crippen LogP contribution in [0.4, 0.5) is 10.9 Å². The molecule has 1 aromatic rings. The predicted molar refractivity (Wildman–Crippen MR) is 92.5 cm³/mol. The second-order valence-electron chi connectivity index (χ2n) is 5.31. The van der Waals surface area contributed by atoms with Crippen LogP contribution >= 0.6 is 23.1 Å². The van der Waals surface area contributed by atoms with Crippen molar-refractivity contribution in [1.82, 2.24) is 10.3 Å². The van der Waals surface area contributed by atoms with E-state index in [2.05, 4.69) is 35.3 Å². The minimum absolute atomic E-state index is 0.0938. The standard InChI is InChI=1S/C14H24N4OS2/c1-4-18(5-2)13-17-11(15)10(21-13)12(19)16-9-14(20-3)7-6-8-14/h4-9,15H2,1-3H3,(H,16,19). The molecule has 5 nitrogen and oxygen atoms in total. The molecule has 0 saturated heterocycles. The van der Waals surface area contributed by atoms with Crippen LogP contribution < -0.4 is 16.0 Å². The molecule has 7 heteroatoms. The van der Waals surface area contributed by atoms with Gasteiger partial charge in [-0.25, -0.2) is 4.98 Å². The van der Waals surface area contributed by atoms with Gasteiger partial charge in [-0.05, 0) is 32.9 Å². The highest BCUT2D eigenvalue weighted by Crippen LogP contribution is 2.42. The summed E-state index contributed by atoms with van der Waals surface area (Å²) in [6.07, 6.45) is 5.73. The maximum Gasteiger partial charge on any atom is 0.265 e. The summed E-state index contributed by atoms with van der Waals surface area (Å²) >= 11 is 3.23. The highest BCUT2D eigenvalue weighted by molar-refractivity contribution is 8.00. The molecule has 118 valence electrons. The van der Waals surface area contributed by atoms with Crippen molar-refractivity contribution >= 4 is 40.0 Å². The third kappa shape index (κ3) is 3.45. The van der Waals surface area contributed by atoms with E-state index in [9.17, 15) is 4.79 Å². The summed E-state index contributed by atoms with van der Waals surface area (Å²) in [5.74, 6) is 0.245. The molecule has 21 heavy (non-hydrogen) atoms. The Labute approximate surface area is 134 Å². The number of carbonyl (C=O) groups excluding carboxylic acids is 1. The molecule has 0 bridgehead atoms. The highest BCUT2D eigenvalue weighted by Gasteiger charge is 2.36. The van der Waals surface area contributed by atoms with E-state index in [1.54, 1.807) is 0 Å². The zero-order chi connectivity index (χ0) is 15.5. The minimum Gasteiger partial charge on any atom is -0.382 e. The van der Waals surface area contributed by atoms with E-state index in [4.69, 9.17) is 5.73 Å². The molecule has 1 aliphatic carbocycles. The second kappa shape index (κ2) is 6.87. The van der Waals surface area contributed by atoms with E-state index in [1.165, 1.54) is 30.6 Å². The molecule has 0 unspecified atom stereocenters. The van der Waals surface area contributed by atoms with Gasteiger partial charge in [0.05, 0.1) is 0 Å². The number of nitrogens with two attached hydrogens (primary N) is 1. The Hall–Kier alpha value is -0.950. The first-order valence-corrected chi connectivity index (χ1v) is 9.44. The van der Waals surface area contributed by atoms with Crippen LogP contribution in [0.25, 0.3) is 0 Å². The third-order valence-corrected chi connectivity index (χ3v) is 6.70. The largest absolute Gasteiger partial charge is 0.382 e. The minimum atomic E-state index is -0.0938. The van der Waals surface area contributed by atoms with Crippen molar-refractivity contribution in [3.8, 4) is 0 Å². The number of anilines is 2. The Balaban J connectivity index is 2.02. The van der Waals surface area contributed by atoms with Crippen molar-refractivity contribution < 1.29 is 4.79 Å². The molecule has 1 fully saturated rings. The first-order valence-electron chi connectivity index (χ1n) is 7.40. The number of nitrogen functional groups attached to an aromatic ring is 1. The number of nitrogens with one attached hydrogen (secondary N) is 1. The van der Waals surface area contributed by atoms with Crippen LogP contribution in [0, 0.1) is 0 Å². The fourth-order valence-electron chi connectivity index (χ4n) is 2.46. The Morgan fingerprint density at radius 3 is 2.62 bits per heavy atom. The molecule has 1 aromatic heterocycles. The quantitative estimate of drug-likeness (QED) is 0.805. The van der Waals surface area contributed by atoms with Gasteiger partial charge in [-0.2, -0.15) is 11.8 Å². The lowest BCUT2D eigenvalue weighted by Crippen LogP contribution is -2.45. The Morgan fingerprint density at radius 1 is 1.48 bits per heavy atom. The topological polar surface area (TPSA) is 71.2 Å². The summed E-state index contributed by atoms with van der Waals surface area (Å²) in [5.41, 5.74) is 5.91. The second-order valence-corrected chi connectivity index (χ2v) is 7.56. The van der Waals surface area contributed by atoms with Crippen LogP contribution in [0.5, 0.6) is 0 Å². The molecule has 0 aromatic carbocycles. The van der Waals surface area contributed by atoms with Gasteiger partial charge in [0.25, 0.3) is 5.91 Å². The van der Waals surface area contributed by atoms with E-state index in [-0.39, 0.29) is 10.7 Å². The first-order chi connectivity index (χ1) is 10.0. The van der Waals surface area contributed by atoms with Crippen molar-refractivity contribution in [3.05, 3.63) is 4.88 Å². The van der Waals surface area contributed by atoms with Crippen molar-refractivity contribution in [2.24, 2.45) is 0 Å². The smallest absolute Gasteiger partial charge is 0.265 e. The van der Waals surface area contributed by atoms with Crippen LogP contribution in [-0.2, 0) is 0 Å². The van der Waals surface area contributed by atoms with Gasteiger partial charge in [0.1, 0.15) is 10.7 Å². The number of thioether (sulfide) groups is 1. The van der Waals surface area contributed by atoms with Crippen LogP contribution in [0.15, 0.2) is 0 Å². The van der Waals surface area contributed by atoms with Gasteiger partial charge in [0, 0.05) is 24.4 Å². The molecule has 1 amide bonds. The summed E-state index contributed by atoms with van der Waals surface area (Å²) < 4.78 is 0.233. The fraction of sp³-hybridized carbons (Fsp3) is 0.714. The molecule has 0 atom stereocenters. The van der Waals surface area contributed by atoms with Gasteiger partial charge in [0.15, 0.2) is 5.13 Å². The van der Waals surface area contributed by atoms with Crippen LogP contribution in [0.3, 0.4) is 0 Å². The Bertz CT molecular complexity index is 490. The van der Waals surface area contributed by atoms with Gasteiger partial charge in [0.2, 0.25) is 0 Å². The van der Waals surface area contributed by atoms with E-state index < -0.39 is 0 Å². The SMILES string of the molecule is CCN(CC)c1nc(N)c(C(=O)NCC2(SC)CCC2)s1. The molecule has 0 spiro atoms. The highest BCUT2D eigenvalue weighted by atomic mass is 32.2. The maximum atomic E-state index is 12.3. The average Bonchev–Trinajstić information content (AvgIpc) is 2.81. The van der Waals surface area contributed by atoms with Crippen molar-refractivity contribution in [2.75, 3.05) is 36.5 Å². The van der Waals surface area contributed by atoms with E-state index in [0.29, 0.717) is 17.2 Å². The Kier molecular flexibility index (Phi) is 5.37. The van der Waals surface area contributed by atoms with E-state index >= 15 is 0 Å². The lowest BCUT2D eigenvalue weighted by atomic mass is 9.84. The molecule has 2 rings (SSSR count). The Morgan fingerprint density at radius 2 is 2.14 bits per heavy atom. The number of thiazole rings is 1. The lowest BCUT2D eigenvalue weighted by Gasteiger charge is -2.40.